The molecular formula is C16H18N2. The number of anilines is 1. The number of fused-ring (bicyclic) bond motifs is 1. The molecule has 0 bridgehead atoms. The van der Waals surface area contributed by atoms with Crippen molar-refractivity contribution in [2.45, 2.75) is 20.8 Å². The molecule has 0 heterocycles. The normalized spacial score (nSPS) is 10.3. The van der Waals surface area contributed by atoms with Crippen LogP contribution in [0, 0.1) is 18.3 Å². The topological polar surface area (TPSA) is 27.0 Å². The Morgan fingerprint density at radius 3 is 2.44 bits per heavy atom. The van der Waals surface area contributed by atoms with Gasteiger partial charge in [0.1, 0.15) is 6.07 Å². The van der Waals surface area contributed by atoms with Crippen molar-refractivity contribution >= 4 is 16.5 Å². The molecule has 2 aromatic carbocycles. The van der Waals surface area contributed by atoms with Gasteiger partial charge >= 0.3 is 0 Å². The average molecular weight is 238 g/mol. The van der Waals surface area contributed by atoms with Gasteiger partial charge < -0.3 is 4.90 Å². The van der Waals surface area contributed by atoms with Crippen molar-refractivity contribution in [3.63, 3.8) is 0 Å². The second kappa shape index (κ2) is 5.10. The van der Waals surface area contributed by atoms with E-state index >= 15 is 0 Å². The number of nitrogens with zero attached hydrogens (tertiary/aromatic N) is 2. The van der Waals surface area contributed by atoms with Crippen LogP contribution in [0.4, 0.5) is 5.69 Å². The molecule has 0 aromatic heterocycles. The van der Waals surface area contributed by atoms with Gasteiger partial charge in [-0.2, -0.15) is 5.26 Å². The zero-order chi connectivity index (χ0) is 13.1. The molecule has 0 saturated carbocycles. The number of hydrogen-bond donors (Lipinski definition) is 0. The van der Waals surface area contributed by atoms with E-state index in [0.29, 0.717) is 0 Å². The highest BCUT2D eigenvalue weighted by atomic mass is 15.1. The Kier molecular flexibility index (Phi) is 3.53. The average Bonchev–Trinajstić information content (AvgIpc) is 2.40. The lowest BCUT2D eigenvalue weighted by molar-refractivity contribution is 0.861. The Morgan fingerprint density at radius 2 is 1.83 bits per heavy atom. The molecule has 0 amide bonds. The number of hydrogen-bond acceptors (Lipinski definition) is 2. The fourth-order valence-corrected chi connectivity index (χ4v) is 2.54. The van der Waals surface area contributed by atoms with Gasteiger partial charge in [-0.25, -0.2) is 0 Å². The van der Waals surface area contributed by atoms with Crippen LogP contribution >= 0.6 is 0 Å². The number of nitriles is 1. The van der Waals surface area contributed by atoms with Crippen molar-refractivity contribution in [2.24, 2.45) is 0 Å². The van der Waals surface area contributed by atoms with Crippen LogP contribution in [-0.2, 0) is 0 Å². The van der Waals surface area contributed by atoms with Crippen LogP contribution in [0.1, 0.15) is 25.0 Å². The van der Waals surface area contributed by atoms with E-state index < -0.39 is 0 Å². The highest BCUT2D eigenvalue weighted by molar-refractivity contribution is 5.94. The Labute approximate surface area is 108 Å². The number of benzene rings is 2. The van der Waals surface area contributed by atoms with Crippen LogP contribution < -0.4 is 4.90 Å². The molecule has 0 N–H and O–H groups in total. The summed E-state index contributed by atoms with van der Waals surface area (Å²) in [6.07, 6.45) is 0. The molecule has 0 atom stereocenters. The van der Waals surface area contributed by atoms with Crippen molar-refractivity contribution in [3.8, 4) is 6.07 Å². The fraction of sp³-hybridized carbons (Fsp3) is 0.312. The molecule has 0 aliphatic carbocycles. The van der Waals surface area contributed by atoms with E-state index in [-0.39, 0.29) is 0 Å². The third-order valence-corrected chi connectivity index (χ3v) is 3.40. The van der Waals surface area contributed by atoms with E-state index in [4.69, 9.17) is 0 Å². The minimum absolute atomic E-state index is 0.800. The second-order valence-electron chi connectivity index (χ2n) is 4.42. The molecule has 0 saturated heterocycles. The third kappa shape index (κ3) is 1.93. The molecule has 0 spiro atoms. The molecule has 92 valence electrons. The van der Waals surface area contributed by atoms with E-state index in [1.54, 1.807) is 0 Å². The monoisotopic (exact) mass is 238 g/mol. The third-order valence-electron chi connectivity index (χ3n) is 3.40. The smallest absolute Gasteiger partial charge is 0.102 e. The molecule has 2 nitrogen and oxygen atoms in total. The summed E-state index contributed by atoms with van der Waals surface area (Å²) < 4.78 is 0. The summed E-state index contributed by atoms with van der Waals surface area (Å²) in [6, 6.07) is 12.7. The SMILES string of the molecule is CCN(CC)c1c(C)cc2ccccc2c1C#N. The first-order valence-corrected chi connectivity index (χ1v) is 6.40. The van der Waals surface area contributed by atoms with Gasteiger partial charge in [0, 0.05) is 18.5 Å². The van der Waals surface area contributed by atoms with Gasteiger partial charge in [0.15, 0.2) is 0 Å². The Hall–Kier alpha value is -2.01. The van der Waals surface area contributed by atoms with E-state index in [1.165, 1.54) is 5.56 Å². The predicted octanol–water partition coefficient (Wildman–Crippen LogP) is 3.87. The van der Waals surface area contributed by atoms with Crippen LogP contribution in [0.15, 0.2) is 30.3 Å². The molecule has 2 rings (SSSR count). The standard InChI is InChI=1S/C16H18N2/c1-4-18(5-2)16-12(3)10-13-8-6-7-9-14(13)15(16)11-17/h6-10H,4-5H2,1-3H3. The number of rotatable bonds is 3. The minimum atomic E-state index is 0.800. The Balaban J connectivity index is 2.80. The van der Waals surface area contributed by atoms with Crippen LogP contribution in [-0.4, -0.2) is 13.1 Å². The Morgan fingerprint density at radius 1 is 1.17 bits per heavy atom. The van der Waals surface area contributed by atoms with Gasteiger partial charge in [0.2, 0.25) is 0 Å². The largest absolute Gasteiger partial charge is 0.371 e. The molecular weight excluding hydrogens is 220 g/mol. The summed E-state index contributed by atoms with van der Waals surface area (Å²) in [7, 11) is 0. The minimum Gasteiger partial charge on any atom is -0.371 e. The zero-order valence-electron chi connectivity index (χ0n) is 11.2. The van der Waals surface area contributed by atoms with E-state index in [0.717, 1.165) is 35.1 Å². The maximum atomic E-state index is 9.50. The molecule has 2 heteroatoms. The van der Waals surface area contributed by atoms with Crippen molar-refractivity contribution in [1.29, 1.82) is 5.26 Å². The van der Waals surface area contributed by atoms with Gasteiger partial charge in [0.05, 0.1) is 11.3 Å². The quantitative estimate of drug-likeness (QED) is 0.811. The van der Waals surface area contributed by atoms with Gasteiger partial charge in [-0.05, 0) is 37.8 Å². The molecule has 0 aliphatic heterocycles. The van der Waals surface area contributed by atoms with Crippen molar-refractivity contribution in [3.05, 3.63) is 41.5 Å². The predicted molar refractivity (Wildman–Crippen MR) is 77.0 cm³/mol. The van der Waals surface area contributed by atoms with Gasteiger partial charge in [-0.15, -0.1) is 0 Å². The lowest BCUT2D eigenvalue weighted by atomic mass is 9.98. The second-order valence-corrected chi connectivity index (χ2v) is 4.42. The lowest BCUT2D eigenvalue weighted by Gasteiger charge is -2.25. The van der Waals surface area contributed by atoms with Gasteiger partial charge in [-0.3, -0.25) is 0 Å². The molecule has 0 unspecified atom stereocenters. The van der Waals surface area contributed by atoms with Crippen LogP contribution in [0.25, 0.3) is 10.8 Å². The van der Waals surface area contributed by atoms with Crippen molar-refractivity contribution in [1.82, 2.24) is 0 Å². The zero-order valence-corrected chi connectivity index (χ0v) is 11.2. The Bertz CT molecular complexity index is 604. The lowest BCUT2D eigenvalue weighted by Crippen LogP contribution is -2.23. The highest BCUT2D eigenvalue weighted by Gasteiger charge is 2.14. The molecule has 0 fully saturated rings. The molecule has 0 aliphatic rings. The first-order chi connectivity index (χ1) is 8.72. The molecule has 18 heavy (non-hydrogen) atoms. The van der Waals surface area contributed by atoms with E-state index in [1.807, 2.05) is 18.2 Å². The first kappa shape index (κ1) is 12.4. The van der Waals surface area contributed by atoms with Gasteiger partial charge in [0.25, 0.3) is 0 Å². The molecule has 0 radical (unpaired) electrons. The van der Waals surface area contributed by atoms with Crippen LogP contribution in [0.5, 0.6) is 0 Å². The van der Waals surface area contributed by atoms with Crippen LogP contribution in [0.2, 0.25) is 0 Å². The number of aryl methyl sites for hydroxylation is 1. The summed E-state index contributed by atoms with van der Waals surface area (Å²) in [4.78, 5) is 2.25. The van der Waals surface area contributed by atoms with Crippen molar-refractivity contribution < 1.29 is 0 Å². The summed E-state index contributed by atoms with van der Waals surface area (Å²) in [6.45, 7) is 8.17. The fourth-order valence-electron chi connectivity index (χ4n) is 2.54. The first-order valence-electron chi connectivity index (χ1n) is 6.40. The summed E-state index contributed by atoms with van der Waals surface area (Å²) in [5.74, 6) is 0. The summed E-state index contributed by atoms with van der Waals surface area (Å²) >= 11 is 0. The van der Waals surface area contributed by atoms with Crippen molar-refractivity contribution in [2.75, 3.05) is 18.0 Å². The summed E-state index contributed by atoms with van der Waals surface area (Å²) in [5.41, 5.74) is 3.06. The van der Waals surface area contributed by atoms with E-state index in [9.17, 15) is 5.26 Å². The summed E-state index contributed by atoms with van der Waals surface area (Å²) in [5, 5.41) is 11.7. The maximum Gasteiger partial charge on any atom is 0.102 e. The van der Waals surface area contributed by atoms with Crippen LogP contribution in [0.3, 0.4) is 0 Å². The molecule has 2 aromatic rings. The highest BCUT2D eigenvalue weighted by Crippen LogP contribution is 2.32. The van der Waals surface area contributed by atoms with Gasteiger partial charge in [-0.1, -0.05) is 24.3 Å². The van der Waals surface area contributed by atoms with E-state index in [2.05, 4.69) is 43.9 Å². The maximum absolute atomic E-state index is 9.50.